The topological polar surface area (TPSA) is 83.5 Å². The molecule has 0 saturated carbocycles. The highest BCUT2D eigenvalue weighted by Gasteiger charge is 2.33. The number of rotatable bonds is 5. The summed E-state index contributed by atoms with van der Waals surface area (Å²) in [5.41, 5.74) is -0.0973. The summed E-state index contributed by atoms with van der Waals surface area (Å²) in [6.07, 6.45) is 1.38. The number of benzene rings is 1. The van der Waals surface area contributed by atoms with Gasteiger partial charge in [0, 0.05) is 10.4 Å². The molecule has 21 heavy (non-hydrogen) atoms. The summed E-state index contributed by atoms with van der Waals surface area (Å²) in [6.45, 7) is 4.95. The Balaban J connectivity index is 2.91. The van der Waals surface area contributed by atoms with Gasteiger partial charge in [-0.1, -0.05) is 44.5 Å². The molecule has 0 radical (unpaired) electrons. The molecule has 7 heteroatoms. The lowest BCUT2D eigenvalue weighted by molar-refractivity contribution is -0.141. The first-order chi connectivity index (χ1) is 9.51. The van der Waals surface area contributed by atoms with E-state index >= 15 is 0 Å². The predicted molar refractivity (Wildman–Crippen MR) is 83.4 cm³/mol. The van der Waals surface area contributed by atoms with Crippen LogP contribution in [-0.2, 0) is 14.8 Å². The van der Waals surface area contributed by atoms with Crippen molar-refractivity contribution in [2.45, 2.75) is 26.8 Å². The van der Waals surface area contributed by atoms with Gasteiger partial charge in [0.25, 0.3) is 0 Å². The zero-order valence-corrected chi connectivity index (χ0v) is 13.6. The summed E-state index contributed by atoms with van der Waals surface area (Å²) in [5.74, 6) is -1.22. The third-order valence-electron chi connectivity index (χ3n) is 2.70. The summed E-state index contributed by atoms with van der Waals surface area (Å²) < 4.78 is 26.1. The van der Waals surface area contributed by atoms with Crippen molar-refractivity contribution in [2.75, 3.05) is 0 Å². The van der Waals surface area contributed by atoms with E-state index in [0.29, 0.717) is 10.6 Å². The molecule has 2 N–H and O–H groups in total. The van der Waals surface area contributed by atoms with Crippen LogP contribution in [0.3, 0.4) is 0 Å². The van der Waals surface area contributed by atoms with E-state index in [0.717, 1.165) is 5.41 Å². The zero-order valence-electron chi connectivity index (χ0n) is 12.0. The maximum absolute atomic E-state index is 11.9. The summed E-state index contributed by atoms with van der Waals surface area (Å²) >= 11 is 5.74. The fraction of sp³-hybridized carbons (Fsp3) is 0.357. The lowest BCUT2D eigenvalue weighted by Gasteiger charge is -2.26. The van der Waals surface area contributed by atoms with Crippen molar-refractivity contribution in [1.82, 2.24) is 4.72 Å². The molecule has 1 unspecified atom stereocenters. The maximum atomic E-state index is 11.9. The number of sulfonamides is 1. The molecule has 0 spiro atoms. The molecular formula is C14H18ClNO4S. The summed E-state index contributed by atoms with van der Waals surface area (Å²) in [6, 6.07) is 5.38. The van der Waals surface area contributed by atoms with Gasteiger partial charge in [0.1, 0.15) is 6.04 Å². The molecule has 0 heterocycles. The minimum Gasteiger partial charge on any atom is -0.480 e. The normalized spacial score (nSPS) is 14.3. The maximum Gasteiger partial charge on any atom is 0.322 e. The molecule has 0 bridgehead atoms. The van der Waals surface area contributed by atoms with E-state index < -0.39 is 27.4 Å². The number of nitrogens with one attached hydrogen (secondary N) is 1. The SMILES string of the molecule is CC(C)(C)C(NS(=O)(=O)/C=C/c1ccc(Cl)cc1)C(=O)O. The van der Waals surface area contributed by atoms with Crippen molar-refractivity contribution in [1.29, 1.82) is 0 Å². The molecule has 1 atom stereocenters. The van der Waals surface area contributed by atoms with Crippen molar-refractivity contribution < 1.29 is 18.3 Å². The van der Waals surface area contributed by atoms with Gasteiger partial charge in [0.05, 0.1) is 0 Å². The van der Waals surface area contributed by atoms with Crippen molar-refractivity contribution >= 4 is 33.7 Å². The van der Waals surface area contributed by atoms with Gasteiger partial charge in [0.15, 0.2) is 0 Å². The van der Waals surface area contributed by atoms with Crippen molar-refractivity contribution in [3.05, 3.63) is 40.3 Å². The van der Waals surface area contributed by atoms with Crippen LogP contribution in [0.25, 0.3) is 6.08 Å². The molecule has 0 aliphatic carbocycles. The number of carbonyl (C=O) groups is 1. The Morgan fingerprint density at radius 1 is 1.29 bits per heavy atom. The molecule has 0 saturated heterocycles. The van der Waals surface area contributed by atoms with Crippen LogP contribution >= 0.6 is 11.6 Å². The third-order valence-corrected chi connectivity index (χ3v) is 4.02. The Labute approximate surface area is 129 Å². The lowest BCUT2D eigenvalue weighted by Crippen LogP contribution is -2.48. The van der Waals surface area contributed by atoms with Gasteiger partial charge in [-0.2, -0.15) is 4.72 Å². The molecule has 0 amide bonds. The van der Waals surface area contributed by atoms with E-state index in [2.05, 4.69) is 4.72 Å². The molecule has 5 nitrogen and oxygen atoms in total. The van der Waals surface area contributed by atoms with E-state index in [1.165, 1.54) is 6.08 Å². The highest BCUT2D eigenvalue weighted by molar-refractivity contribution is 7.92. The van der Waals surface area contributed by atoms with Gasteiger partial charge >= 0.3 is 5.97 Å². The monoisotopic (exact) mass is 331 g/mol. The standard InChI is InChI=1S/C14H18ClNO4S/c1-14(2,3)12(13(17)18)16-21(19,20)9-8-10-4-6-11(15)7-5-10/h4-9,12,16H,1-3H3,(H,17,18)/b9-8+. The minimum absolute atomic E-state index is 0.548. The van der Waals surface area contributed by atoms with Crippen molar-refractivity contribution in [3.63, 3.8) is 0 Å². The van der Waals surface area contributed by atoms with Gasteiger partial charge in [0.2, 0.25) is 10.0 Å². The van der Waals surface area contributed by atoms with Crippen LogP contribution in [-0.4, -0.2) is 25.5 Å². The number of carboxylic acid groups (broad SMARTS) is 1. The molecule has 1 aromatic rings. The first kappa shape index (κ1) is 17.7. The second-order valence-electron chi connectivity index (χ2n) is 5.65. The van der Waals surface area contributed by atoms with Crippen LogP contribution in [0.15, 0.2) is 29.7 Å². The van der Waals surface area contributed by atoms with E-state index in [1.807, 2.05) is 0 Å². The Morgan fingerprint density at radius 2 is 1.81 bits per heavy atom. The molecule has 0 aliphatic rings. The number of hydrogen-bond acceptors (Lipinski definition) is 3. The van der Waals surface area contributed by atoms with Gasteiger partial charge in [-0.05, 0) is 29.2 Å². The second kappa shape index (κ2) is 6.60. The summed E-state index contributed by atoms with van der Waals surface area (Å²) in [7, 11) is -3.86. The van der Waals surface area contributed by atoms with Crippen LogP contribution in [0.5, 0.6) is 0 Å². The average Bonchev–Trinajstić information content (AvgIpc) is 2.34. The number of halogens is 1. The van der Waals surface area contributed by atoms with E-state index in [4.69, 9.17) is 16.7 Å². The zero-order chi connectivity index (χ0) is 16.3. The Bertz CT molecular complexity index is 630. The van der Waals surface area contributed by atoms with E-state index in [-0.39, 0.29) is 0 Å². The first-order valence-corrected chi connectivity index (χ1v) is 8.12. The highest BCUT2D eigenvalue weighted by atomic mass is 35.5. The largest absolute Gasteiger partial charge is 0.480 e. The second-order valence-corrected chi connectivity index (χ2v) is 7.69. The number of hydrogen-bond donors (Lipinski definition) is 2. The lowest BCUT2D eigenvalue weighted by atomic mass is 9.88. The van der Waals surface area contributed by atoms with Gasteiger partial charge in [-0.25, -0.2) is 8.42 Å². The Kier molecular flexibility index (Phi) is 5.55. The van der Waals surface area contributed by atoms with Gasteiger partial charge < -0.3 is 5.11 Å². The van der Waals surface area contributed by atoms with Crippen LogP contribution in [0, 0.1) is 5.41 Å². The summed E-state index contributed by atoms with van der Waals surface area (Å²) in [4.78, 5) is 11.2. The van der Waals surface area contributed by atoms with E-state index in [9.17, 15) is 13.2 Å². The molecule has 0 fully saturated rings. The number of aliphatic carboxylic acids is 1. The Hall–Kier alpha value is -1.37. The fourth-order valence-electron chi connectivity index (χ4n) is 1.54. The van der Waals surface area contributed by atoms with Crippen LogP contribution in [0.4, 0.5) is 0 Å². The molecule has 1 aromatic carbocycles. The number of carboxylic acids is 1. The smallest absolute Gasteiger partial charge is 0.322 e. The van der Waals surface area contributed by atoms with Gasteiger partial charge in [-0.15, -0.1) is 0 Å². The quantitative estimate of drug-likeness (QED) is 0.869. The molecule has 0 aliphatic heterocycles. The van der Waals surface area contributed by atoms with E-state index in [1.54, 1.807) is 45.0 Å². The molecule has 116 valence electrons. The molecule has 1 rings (SSSR count). The predicted octanol–water partition coefficient (Wildman–Crippen LogP) is 2.73. The van der Waals surface area contributed by atoms with Crippen molar-refractivity contribution in [2.24, 2.45) is 5.41 Å². The minimum atomic E-state index is -3.86. The summed E-state index contributed by atoms with van der Waals surface area (Å²) in [5, 5.41) is 10.6. The third kappa shape index (κ3) is 5.87. The molecule has 0 aromatic heterocycles. The first-order valence-electron chi connectivity index (χ1n) is 6.20. The van der Waals surface area contributed by atoms with Crippen LogP contribution in [0.2, 0.25) is 5.02 Å². The van der Waals surface area contributed by atoms with Crippen LogP contribution in [0.1, 0.15) is 26.3 Å². The molecular weight excluding hydrogens is 314 g/mol. The Morgan fingerprint density at radius 3 is 2.24 bits per heavy atom. The highest BCUT2D eigenvalue weighted by Crippen LogP contribution is 2.20. The van der Waals surface area contributed by atoms with Crippen molar-refractivity contribution in [3.8, 4) is 0 Å². The van der Waals surface area contributed by atoms with Crippen LogP contribution < -0.4 is 4.72 Å². The van der Waals surface area contributed by atoms with Gasteiger partial charge in [-0.3, -0.25) is 4.79 Å². The average molecular weight is 332 g/mol. The fourth-order valence-corrected chi connectivity index (χ4v) is 2.87.